The smallest absolute Gasteiger partial charge is 0.326 e. The number of amides is 6. The average molecular weight is 749 g/mol. The third kappa shape index (κ3) is 18.2. The lowest BCUT2D eigenvalue weighted by atomic mass is 9.98. The van der Waals surface area contributed by atoms with Crippen molar-refractivity contribution < 1.29 is 43.8 Å². The molecule has 1 rings (SSSR count). The molecule has 0 radical (unpaired) electrons. The second kappa shape index (κ2) is 23.3. The number of nitrogens with two attached hydrogens (primary N) is 4. The molecule has 0 aliphatic heterocycles. The van der Waals surface area contributed by atoms with Crippen molar-refractivity contribution in [1.29, 1.82) is 0 Å². The monoisotopic (exact) mass is 748 g/mol. The zero-order valence-electron chi connectivity index (χ0n) is 30.7. The van der Waals surface area contributed by atoms with E-state index in [4.69, 9.17) is 22.9 Å². The van der Waals surface area contributed by atoms with Gasteiger partial charge in [0.1, 0.15) is 36.3 Å². The number of carboxylic acid groups (broad SMARTS) is 1. The quantitative estimate of drug-likeness (QED) is 0.0288. The molecule has 6 atom stereocenters. The first kappa shape index (κ1) is 45.7. The van der Waals surface area contributed by atoms with Crippen molar-refractivity contribution in [3.63, 3.8) is 0 Å². The summed E-state index contributed by atoms with van der Waals surface area (Å²) in [6.45, 7) is 6.93. The van der Waals surface area contributed by atoms with Crippen molar-refractivity contribution in [1.82, 2.24) is 26.6 Å². The molecule has 19 nitrogen and oxygen atoms in total. The molecule has 0 bridgehead atoms. The summed E-state index contributed by atoms with van der Waals surface area (Å²) in [7, 11) is 0. The number of aliphatic hydroxyl groups excluding tert-OH is 1. The van der Waals surface area contributed by atoms with Crippen LogP contribution in [-0.4, -0.2) is 107 Å². The Bertz CT molecular complexity index is 1420. The van der Waals surface area contributed by atoms with Gasteiger partial charge in [-0.2, -0.15) is 0 Å². The molecular weight excluding hydrogens is 692 g/mol. The number of aliphatic hydroxyl groups is 1. The molecule has 0 spiro atoms. The maximum absolute atomic E-state index is 13.8. The summed E-state index contributed by atoms with van der Waals surface area (Å²) in [5.41, 5.74) is 22.0. The summed E-state index contributed by atoms with van der Waals surface area (Å²) in [5, 5.41) is 32.1. The van der Waals surface area contributed by atoms with Gasteiger partial charge in [-0.3, -0.25) is 33.8 Å². The van der Waals surface area contributed by atoms with Gasteiger partial charge < -0.3 is 59.7 Å². The number of rotatable bonds is 24. The minimum atomic E-state index is -1.67. The summed E-state index contributed by atoms with van der Waals surface area (Å²) >= 11 is 0. The van der Waals surface area contributed by atoms with E-state index < -0.39 is 84.1 Å². The van der Waals surface area contributed by atoms with Gasteiger partial charge in [0, 0.05) is 19.5 Å². The molecular formula is C34H56N10O9. The van der Waals surface area contributed by atoms with E-state index in [1.54, 1.807) is 44.2 Å². The predicted molar refractivity (Wildman–Crippen MR) is 195 cm³/mol. The van der Waals surface area contributed by atoms with Crippen LogP contribution in [-0.2, 0) is 40.0 Å². The third-order valence-corrected chi connectivity index (χ3v) is 7.72. The van der Waals surface area contributed by atoms with Gasteiger partial charge in [-0.1, -0.05) is 58.0 Å². The Morgan fingerprint density at radius 3 is 1.58 bits per heavy atom. The zero-order chi connectivity index (χ0) is 40.2. The minimum Gasteiger partial charge on any atom is -0.480 e. The number of carbonyl (C=O) groups excluding carboxylic acids is 6. The second-order valence-corrected chi connectivity index (χ2v) is 13.5. The van der Waals surface area contributed by atoms with Crippen LogP contribution in [0.5, 0.6) is 0 Å². The fourth-order valence-electron chi connectivity index (χ4n) is 5.10. The number of carboxylic acids is 1. The summed E-state index contributed by atoms with van der Waals surface area (Å²) in [4.78, 5) is 93.9. The lowest BCUT2D eigenvalue weighted by Gasteiger charge is -2.28. The van der Waals surface area contributed by atoms with Gasteiger partial charge in [0.2, 0.25) is 29.5 Å². The molecule has 1 aromatic rings. The Hall–Kier alpha value is -5.30. The number of nitrogens with one attached hydrogen (secondary N) is 5. The number of nitrogens with zero attached hydrogens (tertiary/aromatic N) is 1. The maximum atomic E-state index is 13.8. The highest BCUT2D eigenvalue weighted by Crippen LogP contribution is 2.12. The molecule has 0 aliphatic carbocycles. The number of hydrogen-bond acceptors (Lipinski definition) is 10. The number of aliphatic carboxylic acids is 1. The van der Waals surface area contributed by atoms with Crippen LogP contribution in [0, 0.1) is 11.8 Å². The number of guanidine groups is 1. The van der Waals surface area contributed by atoms with E-state index in [0.29, 0.717) is 5.56 Å². The molecule has 1 aromatic carbocycles. The molecule has 0 saturated heterocycles. The molecule has 53 heavy (non-hydrogen) atoms. The molecule has 15 N–H and O–H groups in total. The fraction of sp³-hybridized carbons (Fsp3) is 0.588. The minimum absolute atomic E-state index is 0.0267. The van der Waals surface area contributed by atoms with Crippen LogP contribution < -0.4 is 49.5 Å². The fourth-order valence-corrected chi connectivity index (χ4v) is 5.10. The van der Waals surface area contributed by atoms with Crippen molar-refractivity contribution in [2.24, 2.45) is 39.8 Å². The molecule has 19 heteroatoms. The molecule has 0 fully saturated rings. The van der Waals surface area contributed by atoms with Gasteiger partial charge in [0.15, 0.2) is 5.96 Å². The van der Waals surface area contributed by atoms with Gasteiger partial charge in [0.05, 0.1) is 6.42 Å². The first-order valence-electron chi connectivity index (χ1n) is 17.3. The van der Waals surface area contributed by atoms with Crippen molar-refractivity contribution in [3.8, 4) is 0 Å². The van der Waals surface area contributed by atoms with E-state index >= 15 is 0 Å². The second-order valence-electron chi connectivity index (χ2n) is 13.5. The van der Waals surface area contributed by atoms with Crippen molar-refractivity contribution in [2.45, 2.75) is 103 Å². The molecule has 0 aromatic heterocycles. The zero-order valence-corrected chi connectivity index (χ0v) is 30.7. The third-order valence-electron chi connectivity index (χ3n) is 7.72. The van der Waals surface area contributed by atoms with E-state index in [0.717, 1.165) is 0 Å². The van der Waals surface area contributed by atoms with E-state index in [1.807, 2.05) is 13.8 Å². The Morgan fingerprint density at radius 1 is 0.679 bits per heavy atom. The first-order valence-corrected chi connectivity index (χ1v) is 17.3. The van der Waals surface area contributed by atoms with E-state index in [1.165, 1.54) is 0 Å². The lowest BCUT2D eigenvalue weighted by Crippen LogP contribution is -2.59. The molecule has 296 valence electrons. The molecule has 6 amide bonds. The van der Waals surface area contributed by atoms with Crippen LogP contribution in [0.1, 0.15) is 65.4 Å². The standard InChI is InChI=1S/C34H56N10O9/c1-18(2)13-22(29(48)40-21(11-8-12-39-34(37)38)28(47)44-25(33(52)53)16-27(36)46)41-30(49)23(14-19(3)4)42-31(50)24(43-32(51)26(45)17-35)15-20-9-6-5-7-10-20/h5-7,9-10,18-19,21-26,45H,8,11-17,35H2,1-4H3,(H2,36,46)(H,40,48)(H,41,49)(H,42,50)(H,43,51)(H,44,47)(H,52,53)(H4,37,38,39)/t21-,22+,23-,24-,25-,26+/m0/s1. The normalized spacial score (nSPS) is 14.4. The summed E-state index contributed by atoms with van der Waals surface area (Å²) in [5.74, 6) is -6.99. The maximum Gasteiger partial charge on any atom is 0.326 e. The predicted octanol–water partition coefficient (Wildman–Crippen LogP) is -2.92. The van der Waals surface area contributed by atoms with Crippen LogP contribution in [0.4, 0.5) is 0 Å². The van der Waals surface area contributed by atoms with Gasteiger partial charge in [-0.25, -0.2) is 4.79 Å². The van der Waals surface area contributed by atoms with E-state index in [2.05, 4.69) is 31.6 Å². The number of benzene rings is 1. The summed E-state index contributed by atoms with van der Waals surface area (Å²) in [6.07, 6.45) is -1.88. The molecule has 0 aliphatic rings. The molecule has 0 heterocycles. The van der Waals surface area contributed by atoms with Gasteiger partial charge in [-0.15, -0.1) is 0 Å². The van der Waals surface area contributed by atoms with Gasteiger partial charge >= 0.3 is 5.97 Å². The molecule has 0 saturated carbocycles. The van der Waals surface area contributed by atoms with E-state index in [-0.39, 0.29) is 63.0 Å². The summed E-state index contributed by atoms with van der Waals surface area (Å²) < 4.78 is 0. The Labute approximate surface area is 308 Å². The Kier molecular flexibility index (Phi) is 20.1. The van der Waals surface area contributed by atoms with Gasteiger partial charge in [0.25, 0.3) is 5.91 Å². The van der Waals surface area contributed by atoms with Crippen LogP contribution in [0.2, 0.25) is 0 Å². The van der Waals surface area contributed by atoms with Crippen LogP contribution >= 0.6 is 0 Å². The van der Waals surface area contributed by atoms with Gasteiger partial charge in [-0.05, 0) is 43.1 Å². The lowest BCUT2D eigenvalue weighted by molar-refractivity contribution is -0.143. The first-order chi connectivity index (χ1) is 24.8. The van der Waals surface area contributed by atoms with Crippen molar-refractivity contribution >= 4 is 47.4 Å². The number of primary amides is 1. The largest absolute Gasteiger partial charge is 0.480 e. The Balaban J connectivity index is 3.33. The van der Waals surface area contributed by atoms with Crippen LogP contribution in [0.25, 0.3) is 0 Å². The highest BCUT2D eigenvalue weighted by molar-refractivity contribution is 5.96. The van der Waals surface area contributed by atoms with Crippen molar-refractivity contribution in [2.75, 3.05) is 13.1 Å². The van der Waals surface area contributed by atoms with E-state index in [9.17, 15) is 43.8 Å². The topological polar surface area (TPSA) is 337 Å². The highest BCUT2D eigenvalue weighted by Gasteiger charge is 2.33. The average Bonchev–Trinajstić information content (AvgIpc) is 3.07. The van der Waals surface area contributed by atoms with Crippen LogP contribution in [0.15, 0.2) is 35.3 Å². The number of hydrogen-bond donors (Lipinski definition) is 11. The van der Waals surface area contributed by atoms with Crippen molar-refractivity contribution in [3.05, 3.63) is 35.9 Å². The highest BCUT2D eigenvalue weighted by atomic mass is 16.4. The SMILES string of the molecule is CC(C)C[C@H](NC(=O)[C@H](Cc1ccccc1)NC(=O)[C@H](O)CN)C(=O)N[C@H](CC(C)C)C(=O)N[C@@H](CCCN=C(N)N)C(=O)N[C@@H](CC(N)=O)C(=O)O. The number of carbonyl (C=O) groups is 7. The van der Waals surface area contributed by atoms with Crippen LogP contribution in [0.3, 0.4) is 0 Å². The summed E-state index contributed by atoms with van der Waals surface area (Å²) in [6, 6.07) is 2.16. The Morgan fingerprint density at radius 2 is 1.13 bits per heavy atom. The number of aliphatic imine (C=N–C) groups is 1. The molecule has 0 unspecified atom stereocenters.